The summed E-state index contributed by atoms with van der Waals surface area (Å²) in [6.45, 7) is 11.0. The first-order valence-electron chi connectivity index (χ1n) is 14.3. The molecule has 0 aromatic heterocycles. The van der Waals surface area contributed by atoms with Crippen LogP contribution in [0.15, 0.2) is 42.0 Å². The number of carbonyl (C=O) groups excluding carboxylic acids is 4. The van der Waals surface area contributed by atoms with E-state index >= 15 is 0 Å². The number of carbonyl (C=O) groups is 4. The number of hydrogen-bond acceptors (Lipinski definition) is 8. The molecule has 1 aromatic carbocycles. The van der Waals surface area contributed by atoms with Crippen molar-refractivity contribution < 1.29 is 38.1 Å². The summed E-state index contributed by atoms with van der Waals surface area (Å²) in [5.41, 5.74) is -1.22. The molecule has 0 bridgehead atoms. The van der Waals surface area contributed by atoms with Crippen LogP contribution in [0.25, 0.3) is 0 Å². The Bertz CT molecular complexity index is 1230. The molecule has 216 valence electrons. The third kappa shape index (κ3) is 5.00. The van der Waals surface area contributed by atoms with E-state index in [1.165, 1.54) is 13.8 Å². The SMILES string of the molecule is CC(=O)O[C@@H]1[C@@H]2[C@H](OC(=O)Cc3ccccc3)[C@@H](C)C[C@]2(OC(C)=O)C(=O)/C(C)=C\[C@H]2[C@@H](CC[C@@]13CO3)C2(C)C. The topological polar surface area (TPSA) is 108 Å². The van der Waals surface area contributed by atoms with Crippen molar-refractivity contribution in [1.29, 1.82) is 0 Å². The number of hydrogen-bond donors (Lipinski definition) is 0. The van der Waals surface area contributed by atoms with Gasteiger partial charge in [0.2, 0.25) is 5.78 Å². The summed E-state index contributed by atoms with van der Waals surface area (Å²) in [5.74, 6) is -2.72. The van der Waals surface area contributed by atoms with Crippen molar-refractivity contribution in [1.82, 2.24) is 0 Å². The van der Waals surface area contributed by atoms with E-state index in [4.69, 9.17) is 18.9 Å². The number of epoxide rings is 1. The van der Waals surface area contributed by atoms with Crippen LogP contribution in [-0.4, -0.2) is 53.7 Å². The minimum absolute atomic E-state index is 0.0141. The third-order valence-electron chi connectivity index (χ3n) is 9.71. The molecule has 8 nitrogen and oxygen atoms in total. The molecule has 0 radical (unpaired) electrons. The first-order chi connectivity index (χ1) is 18.8. The lowest BCUT2D eigenvalue weighted by Gasteiger charge is -2.41. The summed E-state index contributed by atoms with van der Waals surface area (Å²) in [6, 6.07) is 9.25. The Hall–Kier alpha value is -3.00. The van der Waals surface area contributed by atoms with Crippen molar-refractivity contribution in [3.63, 3.8) is 0 Å². The number of ketones is 1. The highest BCUT2D eigenvalue weighted by atomic mass is 16.6. The van der Waals surface area contributed by atoms with Crippen molar-refractivity contribution in [2.24, 2.45) is 29.1 Å². The largest absolute Gasteiger partial charge is 0.461 e. The van der Waals surface area contributed by atoms with E-state index in [2.05, 4.69) is 13.8 Å². The molecule has 4 aliphatic rings. The lowest BCUT2D eigenvalue weighted by atomic mass is 9.74. The van der Waals surface area contributed by atoms with Crippen LogP contribution in [0.3, 0.4) is 0 Å². The van der Waals surface area contributed by atoms with Gasteiger partial charge >= 0.3 is 17.9 Å². The van der Waals surface area contributed by atoms with Crippen LogP contribution in [0.4, 0.5) is 0 Å². The molecule has 1 aliphatic heterocycles. The molecule has 0 N–H and O–H groups in total. The van der Waals surface area contributed by atoms with Crippen LogP contribution in [0, 0.1) is 29.1 Å². The van der Waals surface area contributed by atoms with E-state index in [9.17, 15) is 19.2 Å². The molecule has 0 unspecified atom stereocenters. The second kappa shape index (κ2) is 10.1. The quantitative estimate of drug-likeness (QED) is 0.301. The fraction of sp³-hybridized carbons (Fsp3) is 0.625. The van der Waals surface area contributed by atoms with Crippen molar-refractivity contribution in [2.45, 2.75) is 90.6 Å². The summed E-state index contributed by atoms with van der Waals surface area (Å²) < 4.78 is 24.2. The summed E-state index contributed by atoms with van der Waals surface area (Å²) >= 11 is 0. The second-order valence-electron chi connectivity index (χ2n) is 12.9. The predicted molar refractivity (Wildman–Crippen MR) is 145 cm³/mol. The first kappa shape index (κ1) is 28.5. The molecule has 3 fully saturated rings. The molecule has 1 spiro atoms. The lowest BCUT2D eigenvalue weighted by Crippen LogP contribution is -2.58. The molecular weight excluding hydrogens is 512 g/mol. The molecule has 2 saturated carbocycles. The fourth-order valence-corrected chi connectivity index (χ4v) is 7.55. The van der Waals surface area contributed by atoms with E-state index in [1.807, 2.05) is 43.3 Å². The first-order valence-corrected chi connectivity index (χ1v) is 14.3. The molecular formula is C32H40O8. The number of esters is 3. The van der Waals surface area contributed by atoms with E-state index < -0.39 is 47.2 Å². The summed E-state index contributed by atoms with van der Waals surface area (Å²) in [5, 5.41) is 0. The zero-order valence-electron chi connectivity index (χ0n) is 24.2. The molecule has 5 rings (SSSR count). The van der Waals surface area contributed by atoms with E-state index in [-0.39, 0.29) is 35.9 Å². The molecule has 40 heavy (non-hydrogen) atoms. The zero-order chi connectivity index (χ0) is 29.0. The van der Waals surface area contributed by atoms with Gasteiger partial charge in [0, 0.05) is 20.3 Å². The number of rotatable bonds is 5. The Balaban J connectivity index is 1.61. The van der Waals surface area contributed by atoms with Crippen LogP contribution in [-0.2, 0) is 44.5 Å². The lowest BCUT2D eigenvalue weighted by molar-refractivity contribution is -0.190. The van der Waals surface area contributed by atoms with Gasteiger partial charge in [-0.2, -0.15) is 0 Å². The summed E-state index contributed by atoms with van der Waals surface area (Å²) in [4.78, 5) is 52.9. The van der Waals surface area contributed by atoms with Crippen molar-refractivity contribution in [3.05, 3.63) is 47.5 Å². The highest BCUT2D eigenvalue weighted by Gasteiger charge is 2.71. The molecule has 3 aliphatic carbocycles. The maximum Gasteiger partial charge on any atom is 0.310 e. The zero-order valence-corrected chi connectivity index (χ0v) is 24.2. The van der Waals surface area contributed by atoms with Crippen LogP contribution >= 0.6 is 0 Å². The van der Waals surface area contributed by atoms with Crippen molar-refractivity contribution in [2.75, 3.05) is 6.61 Å². The van der Waals surface area contributed by atoms with Crippen LogP contribution in [0.1, 0.15) is 66.4 Å². The average molecular weight is 553 g/mol. The molecule has 8 atom stereocenters. The van der Waals surface area contributed by atoms with Gasteiger partial charge in [-0.05, 0) is 54.1 Å². The van der Waals surface area contributed by atoms with Gasteiger partial charge in [-0.1, -0.05) is 57.2 Å². The average Bonchev–Trinajstić information content (AvgIpc) is 3.73. The Labute approximate surface area is 235 Å². The smallest absolute Gasteiger partial charge is 0.310 e. The fourth-order valence-electron chi connectivity index (χ4n) is 7.55. The van der Waals surface area contributed by atoms with Gasteiger partial charge in [-0.15, -0.1) is 0 Å². The van der Waals surface area contributed by atoms with E-state index in [0.717, 1.165) is 12.0 Å². The maximum atomic E-state index is 14.5. The van der Waals surface area contributed by atoms with Crippen LogP contribution < -0.4 is 0 Å². The van der Waals surface area contributed by atoms with Crippen molar-refractivity contribution >= 4 is 23.7 Å². The second-order valence-corrected chi connectivity index (χ2v) is 12.9. The number of allylic oxidation sites excluding steroid dienone is 1. The minimum atomic E-state index is -1.68. The summed E-state index contributed by atoms with van der Waals surface area (Å²) in [7, 11) is 0. The predicted octanol–water partition coefficient (Wildman–Crippen LogP) is 4.38. The highest BCUT2D eigenvalue weighted by Crippen LogP contribution is 2.64. The molecule has 1 saturated heterocycles. The van der Waals surface area contributed by atoms with E-state index in [1.54, 1.807) is 6.92 Å². The number of fused-ring (bicyclic) bond motifs is 2. The van der Waals surface area contributed by atoms with Gasteiger partial charge in [0.1, 0.15) is 17.8 Å². The maximum absolute atomic E-state index is 14.5. The minimum Gasteiger partial charge on any atom is -0.461 e. The van der Waals surface area contributed by atoms with Gasteiger partial charge in [0.25, 0.3) is 0 Å². The van der Waals surface area contributed by atoms with Crippen LogP contribution in [0.2, 0.25) is 0 Å². The van der Waals surface area contributed by atoms with Gasteiger partial charge in [-0.3, -0.25) is 19.2 Å². The Morgan fingerprint density at radius 1 is 1.05 bits per heavy atom. The van der Waals surface area contributed by atoms with Gasteiger partial charge in [-0.25, -0.2) is 0 Å². The Morgan fingerprint density at radius 2 is 1.73 bits per heavy atom. The molecule has 1 aromatic rings. The molecule has 8 heteroatoms. The van der Waals surface area contributed by atoms with Gasteiger partial charge < -0.3 is 18.9 Å². The summed E-state index contributed by atoms with van der Waals surface area (Å²) in [6.07, 6.45) is 1.85. The number of ether oxygens (including phenoxy) is 4. The Morgan fingerprint density at radius 3 is 2.33 bits per heavy atom. The standard InChI is InChI=1S/C32H40O8/c1-18-14-24-23(30(24,5)6)12-13-31(17-37-31)29(38-20(3)33)26-27(39-25(35)15-22-10-8-7-9-11-22)19(2)16-32(26,28(18)36)40-21(4)34/h7-11,14,19,23-24,26-27,29H,12-13,15-17H2,1-6H3/b18-14-/t19-,23+,24-,26-,27+,29+,31+,32+/m0/s1. The van der Waals surface area contributed by atoms with Crippen molar-refractivity contribution in [3.8, 4) is 0 Å². The highest BCUT2D eigenvalue weighted by molar-refractivity contribution is 6.03. The monoisotopic (exact) mass is 552 g/mol. The van der Waals surface area contributed by atoms with E-state index in [0.29, 0.717) is 24.5 Å². The third-order valence-corrected chi connectivity index (χ3v) is 9.71. The number of benzene rings is 1. The van der Waals surface area contributed by atoms with Crippen LogP contribution in [0.5, 0.6) is 0 Å². The normalized spacial score (nSPS) is 39.0. The Kier molecular flexibility index (Phi) is 7.22. The molecule has 1 heterocycles. The van der Waals surface area contributed by atoms with Gasteiger partial charge in [0.15, 0.2) is 5.60 Å². The molecule has 0 amide bonds. The van der Waals surface area contributed by atoms with Gasteiger partial charge in [0.05, 0.1) is 18.9 Å². The number of Topliss-reactive ketones (excluding diaryl/α,β-unsaturated/α-hetero) is 1.